The molecule has 0 aliphatic rings. The highest BCUT2D eigenvalue weighted by Gasteiger charge is 2.10. The molecule has 0 bridgehead atoms. The van der Waals surface area contributed by atoms with E-state index in [1.165, 1.54) is 4.68 Å². The first-order valence-electron chi connectivity index (χ1n) is 9.37. The van der Waals surface area contributed by atoms with Gasteiger partial charge in [-0.3, -0.25) is 4.79 Å². The average molecular weight is 398 g/mol. The Morgan fingerprint density at radius 2 is 1.79 bits per heavy atom. The molecule has 0 aliphatic carbocycles. The smallest absolute Gasteiger partial charge is 0.287 e. The molecule has 0 spiro atoms. The van der Waals surface area contributed by atoms with Crippen LogP contribution in [-0.4, -0.2) is 16.4 Å². The predicted octanol–water partition coefficient (Wildman–Crippen LogP) is 4.48. The maximum atomic E-state index is 12.6. The van der Waals surface area contributed by atoms with Crippen molar-refractivity contribution in [3.05, 3.63) is 92.9 Å². The minimum Gasteiger partial charge on any atom is -0.378 e. The van der Waals surface area contributed by atoms with Crippen LogP contribution in [0, 0.1) is 0 Å². The molecule has 6 heteroatoms. The first-order valence-corrected chi connectivity index (χ1v) is 9.74. The highest BCUT2D eigenvalue weighted by molar-refractivity contribution is 6.32. The SMILES string of the molecule is CCCOCc1ccccc1CNc1cnn(Cc2ccccc2)c(=O)c1Cl. The third kappa shape index (κ3) is 5.21. The van der Waals surface area contributed by atoms with Gasteiger partial charge in [0.1, 0.15) is 5.02 Å². The van der Waals surface area contributed by atoms with Gasteiger partial charge in [-0.15, -0.1) is 0 Å². The molecule has 28 heavy (non-hydrogen) atoms. The van der Waals surface area contributed by atoms with Crippen LogP contribution in [0.2, 0.25) is 5.02 Å². The van der Waals surface area contributed by atoms with Crippen molar-refractivity contribution >= 4 is 17.3 Å². The van der Waals surface area contributed by atoms with Crippen LogP contribution in [0.1, 0.15) is 30.0 Å². The Labute approximate surface area is 169 Å². The van der Waals surface area contributed by atoms with Crippen LogP contribution in [0.5, 0.6) is 0 Å². The molecule has 3 rings (SSSR count). The van der Waals surface area contributed by atoms with E-state index in [4.69, 9.17) is 16.3 Å². The third-order valence-electron chi connectivity index (χ3n) is 4.35. The second-order valence-corrected chi connectivity index (χ2v) is 6.87. The molecule has 2 aromatic carbocycles. The van der Waals surface area contributed by atoms with E-state index in [1.807, 2.05) is 54.6 Å². The van der Waals surface area contributed by atoms with Gasteiger partial charge >= 0.3 is 0 Å². The third-order valence-corrected chi connectivity index (χ3v) is 4.72. The normalized spacial score (nSPS) is 10.8. The molecule has 0 unspecified atom stereocenters. The van der Waals surface area contributed by atoms with Gasteiger partial charge < -0.3 is 10.1 Å². The Kier molecular flexibility index (Phi) is 7.23. The topological polar surface area (TPSA) is 56.1 Å². The number of aromatic nitrogens is 2. The summed E-state index contributed by atoms with van der Waals surface area (Å²) in [7, 11) is 0. The number of nitrogens with zero attached hydrogens (tertiary/aromatic N) is 2. The number of anilines is 1. The fraction of sp³-hybridized carbons (Fsp3) is 0.273. The fourth-order valence-corrected chi connectivity index (χ4v) is 3.06. The zero-order chi connectivity index (χ0) is 19.8. The fourth-order valence-electron chi connectivity index (χ4n) is 2.84. The van der Waals surface area contributed by atoms with Crippen LogP contribution in [0.4, 0.5) is 5.69 Å². The van der Waals surface area contributed by atoms with Gasteiger partial charge in [-0.2, -0.15) is 5.10 Å². The molecule has 0 aliphatic heterocycles. The van der Waals surface area contributed by atoms with Crippen LogP contribution in [0.25, 0.3) is 0 Å². The van der Waals surface area contributed by atoms with Gasteiger partial charge in [0, 0.05) is 13.2 Å². The molecule has 0 saturated carbocycles. The monoisotopic (exact) mass is 397 g/mol. The molecule has 0 atom stereocenters. The van der Waals surface area contributed by atoms with E-state index in [0.29, 0.717) is 25.4 Å². The minimum absolute atomic E-state index is 0.144. The number of halogens is 1. The van der Waals surface area contributed by atoms with Crippen molar-refractivity contribution in [3.63, 3.8) is 0 Å². The summed E-state index contributed by atoms with van der Waals surface area (Å²) in [6.45, 7) is 4.31. The van der Waals surface area contributed by atoms with E-state index in [2.05, 4.69) is 17.3 Å². The standard InChI is InChI=1S/C22H24ClN3O2/c1-2-12-28-16-19-11-7-6-10-18(19)13-24-20-14-25-26(22(27)21(20)23)15-17-8-4-3-5-9-17/h3-11,14,24H,2,12-13,15-16H2,1H3. The van der Waals surface area contributed by atoms with Gasteiger partial charge in [-0.1, -0.05) is 73.1 Å². The summed E-state index contributed by atoms with van der Waals surface area (Å²) in [5.74, 6) is 0. The first-order chi connectivity index (χ1) is 13.7. The number of ether oxygens (including phenoxy) is 1. The zero-order valence-corrected chi connectivity index (χ0v) is 16.7. The summed E-state index contributed by atoms with van der Waals surface area (Å²) in [5, 5.41) is 7.63. The molecule has 146 valence electrons. The Balaban J connectivity index is 1.70. The lowest BCUT2D eigenvalue weighted by molar-refractivity contribution is 0.121. The summed E-state index contributed by atoms with van der Waals surface area (Å²) in [5.41, 5.74) is 3.43. The first kappa shape index (κ1) is 20.1. The van der Waals surface area contributed by atoms with Crippen LogP contribution in [0.15, 0.2) is 65.6 Å². The summed E-state index contributed by atoms with van der Waals surface area (Å²) in [6.07, 6.45) is 2.59. The highest BCUT2D eigenvalue weighted by atomic mass is 35.5. The van der Waals surface area contributed by atoms with Gasteiger partial charge in [-0.05, 0) is 23.1 Å². The van der Waals surface area contributed by atoms with Crippen LogP contribution >= 0.6 is 11.6 Å². The number of rotatable bonds is 9. The van der Waals surface area contributed by atoms with Gasteiger partial charge in [0.2, 0.25) is 0 Å². The lowest BCUT2D eigenvalue weighted by atomic mass is 10.1. The van der Waals surface area contributed by atoms with Crippen LogP contribution in [0.3, 0.4) is 0 Å². The molecule has 5 nitrogen and oxygen atoms in total. The van der Waals surface area contributed by atoms with E-state index in [-0.39, 0.29) is 10.6 Å². The molecule has 1 aromatic heterocycles. The molecule has 1 heterocycles. The Morgan fingerprint density at radius 1 is 1.07 bits per heavy atom. The van der Waals surface area contributed by atoms with E-state index < -0.39 is 0 Å². The van der Waals surface area contributed by atoms with E-state index in [0.717, 1.165) is 29.7 Å². The average Bonchev–Trinajstić information content (AvgIpc) is 2.73. The second kappa shape index (κ2) is 10.1. The maximum Gasteiger partial charge on any atom is 0.287 e. The van der Waals surface area contributed by atoms with Crippen molar-refractivity contribution in [3.8, 4) is 0 Å². The maximum absolute atomic E-state index is 12.6. The highest BCUT2D eigenvalue weighted by Crippen LogP contribution is 2.18. The second-order valence-electron chi connectivity index (χ2n) is 6.50. The van der Waals surface area contributed by atoms with E-state index >= 15 is 0 Å². The van der Waals surface area contributed by atoms with E-state index in [9.17, 15) is 4.79 Å². The molecule has 0 amide bonds. The van der Waals surface area contributed by atoms with E-state index in [1.54, 1.807) is 6.20 Å². The Morgan fingerprint density at radius 3 is 2.54 bits per heavy atom. The lowest BCUT2D eigenvalue weighted by Crippen LogP contribution is -2.24. The lowest BCUT2D eigenvalue weighted by Gasteiger charge is -2.13. The molecule has 0 saturated heterocycles. The number of benzene rings is 2. The minimum atomic E-state index is -0.310. The number of hydrogen-bond acceptors (Lipinski definition) is 4. The van der Waals surface area contributed by atoms with Crippen molar-refractivity contribution in [2.24, 2.45) is 0 Å². The summed E-state index contributed by atoms with van der Waals surface area (Å²) >= 11 is 6.31. The van der Waals surface area contributed by atoms with Gasteiger partial charge in [0.25, 0.3) is 5.56 Å². The van der Waals surface area contributed by atoms with Gasteiger partial charge in [0.15, 0.2) is 0 Å². The Hall–Kier alpha value is -2.63. The molecule has 1 N–H and O–H groups in total. The van der Waals surface area contributed by atoms with Crippen molar-refractivity contribution in [2.45, 2.75) is 33.0 Å². The largest absolute Gasteiger partial charge is 0.378 e. The number of hydrogen-bond donors (Lipinski definition) is 1. The predicted molar refractivity (Wildman–Crippen MR) is 113 cm³/mol. The van der Waals surface area contributed by atoms with Crippen molar-refractivity contribution in [1.29, 1.82) is 0 Å². The molecule has 0 fully saturated rings. The van der Waals surface area contributed by atoms with Crippen molar-refractivity contribution in [2.75, 3.05) is 11.9 Å². The summed E-state index contributed by atoms with van der Waals surface area (Å²) in [4.78, 5) is 12.6. The summed E-state index contributed by atoms with van der Waals surface area (Å²) < 4.78 is 7.03. The Bertz CT molecular complexity index is 957. The van der Waals surface area contributed by atoms with Gasteiger partial charge in [0.05, 0.1) is 25.0 Å². The van der Waals surface area contributed by atoms with Gasteiger partial charge in [-0.25, -0.2) is 4.68 Å². The van der Waals surface area contributed by atoms with Crippen LogP contribution < -0.4 is 10.9 Å². The van der Waals surface area contributed by atoms with Crippen molar-refractivity contribution < 1.29 is 4.74 Å². The van der Waals surface area contributed by atoms with Crippen molar-refractivity contribution in [1.82, 2.24) is 9.78 Å². The molecule has 0 radical (unpaired) electrons. The summed E-state index contributed by atoms with van der Waals surface area (Å²) in [6, 6.07) is 17.8. The molecule has 3 aromatic rings. The number of nitrogens with one attached hydrogen (secondary N) is 1. The molecular weight excluding hydrogens is 374 g/mol. The quantitative estimate of drug-likeness (QED) is 0.541. The zero-order valence-electron chi connectivity index (χ0n) is 15.9. The molecular formula is C22H24ClN3O2. The van der Waals surface area contributed by atoms with Crippen LogP contribution in [-0.2, 0) is 24.4 Å².